The van der Waals surface area contributed by atoms with E-state index < -0.39 is 0 Å². The van der Waals surface area contributed by atoms with Gasteiger partial charge in [-0.1, -0.05) is 112 Å². The lowest BCUT2D eigenvalue weighted by atomic mass is 9.81. The van der Waals surface area contributed by atoms with E-state index in [-0.39, 0.29) is 10.8 Å². The van der Waals surface area contributed by atoms with Gasteiger partial charge in [0, 0.05) is 26.6 Å². The first kappa shape index (κ1) is 29.2. The highest BCUT2D eigenvalue weighted by Gasteiger charge is 2.35. The van der Waals surface area contributed by atoms with Gasteiger partial charge in [0.05, 0.1) is 21.4 Å². The molecule has 1 aromatic heterocycles. The second kappa shape index (κ2) is 10.5. The minimum absolute atomic E-state index is 0.0312. The van der Waals surface area contributed by atoms with E-state index in [9.17, 15) is 0 Å². The molecule has 6 aromatic rings. The van der Waals surface area contributed by atoms with Gasteiger partial charge in [0.25, 0.3) is 0 Å². The second-order valence-electron chi connectivity index (χ2n) is 13.5. The Morgan fingerprint density at radius 1 is 0.705 bits per heavy atom. The van der Waals surface area contributed by atoms with Crippen LogP contribution in [-0.2, 0) is 10.8 Å². The molecule has 0 N–H and O–H groups in total. The van der Waals surface area contributed by atoms with E-state index in [2.05, 4.69) is 143 Å². The fourth-order valence-electron chi connectivity index (χ4n) is 6.64. The molecule has 5 aromatic carbocycles. The van der Waals surface area contributed by atoms with Gasteiger partial charge in [0.15, 0.2) is 0 Å². The molecule has 1 nitrogen and oxygen atoms in total. The molecule has 44 heavy (non-hydrogen) atoms. The van der Waals surface area contributed by atoms with E-state index in [0.29, 0.717) is 10.0 Å². The van der Waals surface area contributed by atoms with Crippen molar-refractivity contribution in [2.75, 3.05) is 4.90 Å². The van der Waals surface area contributed by atoms with Crippen molar-refractivity contribution in [2.24, 2.45) is 0 Å². The summed E-state index contributed by atoms with van der Waals surface area (Å²) in [5.74, 6) is 0. The Hall–Kier alpha value is -3.56. The van der Waals surface area contributed by atoms with E-state index in [4.69, 9.17) is 23.2 Å². The van der Waals surface area contributed by atoms with Crippen molar-refractivity contribution in [1.82, 2.24) is 0 Å². The predicted molar refractivity (Wildman–Crippen MR) is 193 cm³/mol. The Morgan fingerprint density at radius 3 is 2.25 bits per heavy atom. The molecule has 1 aliphatic rings. The summed E-state index contributed by atoms with van der Waals surface area (Å²) in [5.41, 5.74) is 13.1. The number of fused-ring (bicyclic) bond motifs is 4. The highest BCUT2D eigenvalue weighted by Crippen LogP contribution is 2.51. The number of thiophene rings is 1. The first-order valence-electron chi connectivity index (χ1n) is 15.1. The third kappa shape index (κ3) is 4.76. The zero-order valence-corrected chi connectivity index (χ0v) is 28.3. The van der Waals surface area contributed by atoms with Crippen LogP contribution in [0, 0.1) is 6.92 Å². The molecule has 0 atom stereocenters. The van der Waals surface area contributed by atoms with E-state index in [1.807, 2.05) is 6.07 Å². The Labute approximate surface area is 274 Å². The van der Waals surface area contributed by atoms with Crippen LogP contribution in [0.3, 0.4) is 0 Å². The van der Waals surface area contributed by atoms with E-state index >= 15 is 0 Å². The van der Waals surface area contributed by atoms with Crippen LogP contribution in [-0.4, -0.2) is 0 Å². The summed E-state index contributed by atoms with van der Waals surface area (Å²) in [5, 5.41) is 4.55. The first-order valence-corrected chi connectivity index (χ1v) is 16.7. The molecule has 0 amide bonds. The van der Waals surface area contributed by atoms with Gasteiger partial charge in [-0.2, -0.15) is 0 Å². The van der Waals surface area contributed by atoms with Crippen LogP contribution >= 0.6 is 34.5 Å². The number of nitrogens with zero attached hydrogens (tertiary/aromatic N) is 1. The quantitative estimate of drug-likeness (QED) is 0.187. The summed E-state index contributed by atoms with van der Waals surface area (Å²) in [6.07, 6.45) is 0. The fraction of sp³-hybridized carbons (Fsp3) is 0.200. The molecule has 0 radical (unpaired) electrons. The number of hydrogen-bond donors (Lipinski definition) is 0. The van der Waals surface area contributed by atoms with Crippen molar-refractivity contribution in [3.8, 4) is 22.3 Å². The van der Waals surface area contributed by atoms with Gasteiger partial charge in [-0.3, -0.25) is 0 Å². The molecule has 0 spiro atoms. The van der Waals surface area contributed by atoms with Crippen LogP contribution in [0.5, 0.6) is 0 Å². The lowest BCUT2D eigenvalue weighted by molar-refractivity contribution is 0.591. The van der Waals surface area contributed by atoms with Gasteiger partial charge in [-0.15, -0.1) is 11.3 Å². The Kier molecular flexibility index (Phi) is 6.97. The fourth-order valence-corrected chi connectivity index (χ4v) is 8.01. The van der Waals surface area contributed by atoms with E-state index in [1.54, 1.807) is 11.3 Å². The Morgan fingerprint density at radius 2 is 1.45 bits per heavy atom. The summed E-state index contributed by atoms with van der Waals surface area (Å²) in [6.45, 7) is 13.5. The standard InChI is InChI=1S/C40H35Cl2NS/c1-24-18-34(41)38(42)35(19-24)43(36-23-44-37-17-15-27(22-31(36)37)39(2,3)4)28-11-9-10-25(20-28)26-14-16-30-29-12-7-8-13-32(29)40(5,6)33(30)21-26/h7-23H,1-6H3. The number of hydrogen-bond acceptors (Lipinski definition) is 2. The zero-order valence-electron chi connectivity index (χ0n) is 25.9. The van der Waals surface area contributed by atoms with E-state index in [1.165, 1.54) is 43.5 Å². The Balaban J connectivity index is 1.41. The van der Waals surface area contributed by atoms with Crippen LogP contribution in [0.2, 0.25) is 10.0 Å². The summed E-state index contributed by atoms with van der Waals surface area (Å²) in [4.78, 5) is 2.28. The van der Waals surface area contributed by atoms with Crippen molar-refractivity contribution < 1.29 is 0 Å². The maximum absolute atomic E-state index is 7.01. The summed E-state index contributed by atoms with van der Waals surface area (Å²) >= 11 is 15.5. The molecular formula is C40H35Cl2NS. The lowest BCUT2D eigenvalue weighted by Crippen LogP contribution is -2.14. The monoisotopic (exact) mass is 631 g/mol. The molecule has 1 heterocycles. The van der Waals surface area contributed by atoms with Crippen molar-refractivity contribution in [2.45, 2.75) is 52.4 Å². The molecule has 0 saturated carbocycles. The summed E-state index contributed by atoms with van der Waals surface area (Å²) < 4.78 is 1.24. The van der Waals surface area contributed by atoms with E-state index in [0.717, 1.165) is 28.2 Å². The average molecular weight is 633 g/mol. The highest BCUT2D eigenvalue weighted by molar-refractivity contribution is 7.17. The van der Waals surface area contributed by atoms with Crippen LogP contribution in [0.15, 0.2) is 102 Å². The van der Waals surface area contributed by atoms with Crippen molar-refractivity contribution in [3.05, 3.63) is 135 Å². The number of rotatable bonds is 4. The molecule has 220 valence electrons. The largest absolute Gasteiger partial charge is 0.307 e. The maximum atomic E-state index is 7.01. The first-order chi connectivity index (χ1) is 20.9. The third-order valence-corrected chi connectivity index (χ3v) is 10.8. The number of anilines is 3. The third-order valence-electron chi connectivity index (χ3n) is 9.08. The highest BCUT2D eigenvalue weighted by atomic mass is 35.5. The van der Waals surface area contributed by atoms with Gasteiger partial charge >= 0.3 is 0 Å². The summed E-state index contributed by atoms with van der Waals surface area (Å²) in [7, 11) is 0. The van der Waals surface area contributed by atoms with Gasteiger partial charge in [-0.25, -0.2) is 0 Å². The normalized spacial score (nSPS) is 13.6. The van der Waals surface area contributed by atoms with Crippen LogP contribution in [0.25, 0.3) is 32.3 Å². The van der Waals surface area contributed by atoms with Crippen molar-refractivity contribution in [3.63, 3.8) is 0 Å². The minimum atomic E-state index is -0.0578. The summed E-state index contributed by atoms with van der Waals surface area (Å²) in [6, 6.07) is 35.4. The molecule has 0 aliphatic heterocycles. The molecule has 0 unspecified atom stereocenters. The molecule has 1 aliphatic carbocycles. The number of aryl methyl sites for hydroxylation is 1. The molecule has 0 bridgehead atoms. The van der Waals surface area contributed by atoms with Gasteiger partial charge in [0.2, 0.25) is 0 Å². The zero-order chi connectivity index (χ0) is 31.0. The molecular weight excluding hydrogens is 597 g/mol. The SMILES string of the molecule is Cc1cc(Cl)c(Cl)c(N(c2cccc(-c3ccc4c(c3)C(C)(C)c3ccccc3-4)c2)c2csc3ccc(C(C)(C)C)cc23)c1. The van der Waals surface area contributed by atoms with Crippen molar-refractivity contribution in [1.29, 1.82) is 0 Å². The van der Waals surface area contributed by atoms with Crippen LogP contribution < -0.4 is 4.90 Å². The van der Waals surface area contributed by atoms with Crippen LogP contribution in [0.1, 0.15) is 56.9 Å². The van der Waals surface area contributed by atoms with Crippen LogP contribution in [0.4, 0.5) is 17.1 Å². The maximum Gasteiger partial charge on any atom is 0.0833 e. The van der Waals surface area contributed by atoms with Gasteiger partial charge in [-0.05, 0) is 99.3 Å². The van der Waals surface area contributed by atoms with Gasteiger partial charge in [0.1, 0.15) is 0 Å². The Bertz CT molecular complexity index is 2080. The molecule has 0 fully saturated rings. The van der Waals surface area contributed by atoms with Crippen molar-refractivity contribution >= 4 is 61.7 Å². The molecule has 7 rings (SSSR count). The van der Waals surface area contributed by atoms with Gasteiger partial charge < -0.3 is 4.90 Å². The number of halogens is 2. The topological polar surface area (TPSA) is 3.24 Å². The second-order valence-corrected chi connectivity index (χ2v) is 15.2. The lowest BCUT2D eigenvalue weighted by Gasteiger charge is -2.28. The molecule has 0 saturated heterocycles. The minimum Gasteiger partial charge on any atom is -0.307 e. The predicted octanol–water partition coefficient (Wildman–Crippen LogP) is 13.3. The number of benzene rings is 5. The smallest absolute Gasteiger partial charge is 0.0833 e. The molecule has 4 heteroatoms. The average Bonchev–Trinajstić information content (AvgIpc) is 3.51.